The summed E-state index contributed by atoms with van der Waals surface area (Å²) in [5.74, 6) is -1.91. The second kappa shape index (κ2) is 6.88. The summed E-state index contributed by atoms with van der Waals surface area (Å²) in [5.41, 5.74) is 1.78. The van der Waals surface area contributed by atoms with Gasteiger partial charge in [0.05, 0.1) is 6.54 Å². The van der Waals surface area contributed by atoms with Crippen LogP contribution in [0.3, 0.4) is 0 Å². The van der Waals surface area contributed by atoms with E-state index in [1.807, 2.05) is 12.1 Å². The summed E-state index contributed by atoms with van der Waals surface area (Å²) in [5, 5.41) is 11.2. The molecular weight excluding hydrogens is 330 g/mol. The first-order chi connectivity index (χ1) is 11.9. The molecule has 7 heteroatoms. The molecule has 2 aromatic rings. The first kappa shape index (κ1) is 16.9. The third-order valence-electron chi connectivity index (χ3n) is 4.11. The van der Waals surface area contributed by atoms with Gasteiger partial charge in [0.1, 0.15) is 17.7 Å². The Bertz CT molecular complexity index is 805. The molecule has 25 heavy (non-hydrogen) atoms. The maximum atomic E-state index is 13.5. The number of carbonyl (C=O) groups is 2. The van der Waals surface area contributed by atoms with E-state index in [0.29, 0.717) is 18.5 Å². The summed E-state index contributed by atoms with van der Waals surface area (Å²) in [6, 6.07) is 9.34. The molecule has 1 aliphatic rings. The second-order valence-electron chi connectivity index (χ2n) is 5.87. The minimum Gasteiger partial charge on any atom is -0.465 e. The molecule has 0 radical (unpaired) electrons. The number of para-hydroxylation sites is 1. The van der Waals surface area contributed by atoms with E-state index in [1.165, 1.54) is 4.90 Å². The van der Waals surface area contributed by atoms with Gasteiger partial charge in [-0.05, 0) is 42.2 Å². The number of benzene rings is 2. The van der Waals surface area contributed by atoms with Gasteiger partial charge in [0.25, 0.3) is 0 Å². The number of anilines is 1. The van der Waals surface area contributed by atoms with Crippen LogP contribution in [0.5, 0.6) is 0 Å². The normalized spacial score (nSPS) is 17.0. The maximum absolute atomic E-state index is 13.5. The molecule has 0 aliphatic carbocycles. The Balaban J connectivity index is 1.99. The van der Waals surface area contributed by atoms with Crippen molar-refractivity contribution in [2.24, 2.45) is 0 Å². The Morgan fingerprint density at radius 2 is 1.88 bits per heavy atom. The lowest BCUT2D eigenvalue weighted by atomic mass is 10.1. The predicted molar refractivity (Wildman–Crippen MR) is 87.3 cm³/mol. The third kappa shape index (κ3) is 3.76. The number of fused-ring (bicyclic) bond motifs is 1. The average Bonchev–Trinajstić information content (AvgIpc) is 2.66. The van der Waals surface area contributed by atoms with Crippen molar-refractivity contribution in [3.05, 3.63) is 65.2 Å². The molecule has 0 aromatic heterocycles. The van der Waals surface area contributed by atoms with Crippen LogP contribution >= 0.6 is 0 Å². The summed E-state index contributed by atoms with van der Waals surface area (Å²) >= 11 is 0. The molecule has 0 bridgehead atoms. The Kier molecular flexibility index (Phi) is 4.65. The summed E-state index contributed by atoms with van der Waals surface area (Å²) in [7, 11) is 0. The standard InChI is InChI=1S/C18H16F2N2O3/c19-13-7-11(8-14(20)9-13)10-22-16-4-2-1-3-12(16)5-6-15(17(22)23)21-18(24)25/h1-4,7-9,15,21H,5-6,10H2,(H,24,25). The SMILES string of the molecule is O=C(O)NC1CCc2ccccc2N(Cc2cc(F)cc(F)c2)C1=O. The molecule has 1 atom stereocenters. The molecule has 0 spiro atoms. The molecule has 1 heterocycles. The quantitative estimate of drug-likeness (QED) is 0.897. The monoisotopic (exact) mass is 346 g/mol. The third-order valence-corrected chi connectivity index (χ3v) is 4.11. The predicted octanol–water partition coefficient (Wildman–Crippen LogP) is 3.08. The van der Waals surface area contributed by atoms with Crippen molar-refractivity contribution >= 4 is 17.7 Å². The van der Waals surface area contributed by atoms with E-state index in [9.17, 15) is 18.4 Å². The van der Waals surface area contributed by atoms with E-state index >= 15 is 0 Å². The summed E-state index contributed by atoms with van der Waals surface area (Å²) in [4.78, 5) is 25.2. The molecule has 0 saturated carbocycles. The van der Waals surface area contributed by atoms with Crippen molar-refractivity contribution in [1.82, 2.24) is 5.32 Å². The average molecular weight is 346 g/mol. The van der Waals surface area contributed by atoms with Crippen LogP contribution in [0.2, 0.25) is 0 Å². The van der Waals surface area contributed by atoms with Crippen LogP contribution in [0, 0.1) is 11.6 Å². The minimum atomic E-state index is -1.29. The van der Waals surface area contributed by atoms with Gasteiger partial charge in [0, 0.05) is 11.8 Å². The number of aryl methyl sites for hydroxylation is 1. The first-order valence-electron chi connectivity index (χ1n) is 7.78. The van der Waals surface area contributed by atoms with Crippen molar-refractivity contribution in [1.29, 1.82) is 0 Å². The van der Waals surface area contributed by atoms with Gasteiger partial charge in [-0.25, -0.2) is 13.6 Å². The van der Waals surface area contributed by atoms with Gasteiger partial charge in [-0.1, -0.05) is 18.2 Å². The van der Waals surface area contributed by atoms with E-state index in [1.54, 1.807) is 12.1 Å². The molecule has 2 aromatic carbocycles. The van der Waals surface area contributed by atoms with Gasteiger partial charge in [0.15, 0.2) is 0 Å². The number of rotatable bonds is 3. The van der Waals surface area contributed by atoms with Crippen molar-refractivity contribution in [2.45, 2.75) is 25.4 Å². The van der Waals surface area contributed by atoms with Crippen molar-refractivity contribution in [2.75, 3.05) is 4.90 Å². The zero-order chi connectivity index (χ0) is 18.0. The lowest BCUT2D eigenvalue weighted by Crippen LogP contribution is -2.47. The van der Waals surface area contributed by atoms with E-state index < -0.39 is 29.7 Å². The zero-order valence-electron chi connectivity index (χ0n) is 13.2. The van der Waals surface area contributed by atoms with Crippen molar-refractivity contribution < 1.29 is 23.5 Å². The molecular formula is C18H16F2N2O3. The van der Waals surface area contributed by atoms with E-state index in [4.69, 9.17) is 5.11 Å². The number of nitrogens with one attached hydrogen (secondary N) is 1. The van der Waals surface area contributed by atoms with Gasteiger partial charge >= 0.3 is 6.09 Å². The fraction of sp³-hybridized carbons (Fsp3) is 0.222. The highest BCUT2D eigenvalue weighted by molar-refractivity contribution is 5.99. The number of halogens is 2. The Labute approximate surface area is 142 Å². The highest BCUT2D eigenvalue weighted by atomic mass is 19.1. The number of amides is 2. The largest absolute Gasteiger partial charge is 0.465 e. The molecule has 0 fully saturated rings. The zero-order valence-corrected chi connectivity index (χ0v) is 13.2. The van der Waals surface area contributed by atoms with Crippen LogP contribution in [-0.4, -0.2) is 23.1 Å². The second-order valence-corrected chi connectivity index (χ2v) is 5.87. The topological polar surface area (TPSA) is 69.6 Å². The van der Waals surface area contributed by atoms with Gasteiger partial charge in [-0.15, -0.1) is 0 Å². The first-order valence-corrected chi connectivity index (χ1v) is 7.78. The minimum absolute atomic E-state index is 0.0532. The van der Waals surface area contributed by atoms with Gasteiger partial charge < -0.3 is 15.3 Å². The fourth-order valence-electron chi connectivity index (χ4n) is 3.05. The van der Waals surface area contributed by atoms with Crippen LogP contribution in [0.25, 0.3) is 0 Å². The summed E-state index contributed by atoms with van der Waals surface area (Å²) in [6.45, 7) is -0.0532. The van der Waals surface area contributed by atoms with E-state index in [2.05, 4.69) is 5.32 Å². The summed E-state index contributed by atoms with van der Waals surface area (Å²) in [6.07, 6.45) is -0.460. The highest BCUT2D eigenvalue weighted by Gasteiger charge is 2.31. The smallest absolute Gasteiger partial charge is 0.405 e. The van der Waals surface area contributed by atoms with Crippen molar-refractivity contribution in [3.8, 4) is 0 Å². The lowest BCUT2D eigenvalue weighted by molar-refractivity contribution is -0.120. The van der Waals surface area contributed by atoms with Crippen LogP contribution in [-0.2, 0) is 17.8 Å². The van der Waals surface area contributed by atoms with E-state index in [0.717, 1.165) is 23.8 Å². The van der Waals surface area contributed by atoms with Gasteiger partial charge in [0.2, 0.25) is 5.91 Å². The van der Waals surface area contributed by atoms with Crippen LogP contribution in [0.1, 0.15) is 17.5 Å². The van der Waals surface area contributed by atoms with Crippen LogP contribution in [0.15, 0.2) is 42.5 Å². The summed E-state index contributed by atoms with van der Waals surface area (Å²) < 4.78 is 26.9. The van der Waals surface area contributed by atoms with Gasteiger partial charge in [-0.2, -0.15) is 0 Å². The molecule has 3 rings (SSSR count). The Hall–Kier alpha value is -2.96. The lowest BCUT2D eigenvalue weighted by Gasteiger charge is -2.26. The Morgan fingerprint density at radius 3 is 2.56 bits per heavy atom. The molecule has 1 unspecified atom stereocenters. The fourth-order valence-corrected chi connectivity index (χ4v) is 3.05. The molecule has 0 saturated heterocycles. The number of nitrogens with zero attached hydrogens (tertiary/aromatic N) is 1. The highest BCUT2D eigenvalue weighted by Crippen LogP contribution is 2.28. The van der Waals surface area contributed by atoms with Crippen LogP contribution < -0.4 is 10.2 Å². The number of hydrogen-bond acceptors (Lipinski definition) is 2. The molecule has 2 N–H and O–H groups in total. The van der Waals surface area contributed by atoms with E-state index in [-0.39, 0.29) is 12.1 Å². The molecule has 1 aliphatic heterocycles. The molecule has 130 valence electrons. The number of carbonyl (C=O) groups excluding carboxylic acids is 1. The molecule has 5 nitrogen and oxygen atoms in total. The van der Waals surface area contributed by atoms with Crippen LogP contribution in [0.4, 0.5) is 19.3 Å². The maximum Gasteiger partial charge on any atom is 0.405 e. The molecule has 2 amide bonds. The van der Waals surface area contributed by atoms with Crippen molar-refractivity contribution in [3.63, 3.8) is 0 Å². The Morgan fingerprint density at radius 1 is 1.20 bits per heavy atom. The number of hydrogen-bond donors (Lipinski definition) is 2. The van der Waals surface area contributed by atoms with Gasteiger partial charge in [-0.3, -0.25) is 4.79 Å². The number of carboxylic acid groups (broad SMARTS) is 1.